The number of hydrogen-bond acceptors (Lipinski definition) is 7. The molecule has 8 nitrogen and oxygen atoms in total. The van der Waals surface area contributed by atoms with Gasteiger partial charge in [0.25, 0.3) is 11.7 Å². The number of amides is 1. The van der Waals surface area contributed by atoms with Crippen molar-refractivity contribution in [2.45, 2.75) is 59.1 Å². The monoisotopic (exact) mass is 525 g/mol. The van der Waals surface area contributed by atoms with Gasteiger partial charge in [-0.15, -0.1) is 0 Å². The van der Waals surface area contributed by atoms with Gasteiger partial charge in [0.1, 0.15) is 11.5 Å². The van der Waals surface area contributed by atoms with Gasteiger partial charge in [-0.05, 0) is 74.1 Å². The van der Waals surface area contributed by atoms with Crippen LogP contribution in [0.5, 0.6) is 17.2 Å². The van der Waals surface area contributed by atoms with Gasteiger partial charge in [0.2, 0.25) is 0 Å². The van der Waals surface area contributed by atoms with Crippen LogP contribution in [-0.4, -0.2) is 62.3 Å². The highest BCUT2D eigenvalue weighted by Gasteiger charge is 2.46. The molecule has 1 saturated heterocycles. The quantitative estimate of drug-likeness (QED) is 0.182. The Kier molecular flexibility index (Phi) is 9.44. The van der Waals surface area contributed by atoms with Crippen molar-refractivity contribution in [3.05, 3.63) is 58.2 Å². The predicted octanol–water partition coefficient (Wildman–Crippen LogP) is 5.38. The Hall–Kier alpha value is -3.52. The zero-order valence-corrected chi connectivity index (χ0v) is 23.6. The maximum absolute atomic E-state index is 13.5. The van der Waals surface area contributed by atoms with E-state index in [4.69, 9.17) is 18.9 Å². The third kappa shape index (κ3) is 5.80. The van der Waals surface area contributed by atoms with Gasteiger partial charge in [0.05, 0.1) is 39.0 Å². The summed E-state index contributed by atoms with van der Waals surface area (Å²) < 4.78 is 22.1. The molecule has 38 heavy (non-hydrogen) atoms. The number of ether oxygens (including phenoxy) is 4. The van der Waals surface area contributed by atoms with Crippen LogP contribution in [0.15, 0.2) is 35.9 Å². The first-order valence-electron chi connectivity index (χ1n) is 12.9. The van der Waals surface area contributed by atoms with E-state index in [0.29, 0.717) is 41.4 Å². The van der Waals surface area contributed by atoms with Crippen LogP contribution in [0.3, 0.4) is 0 Å². The molecule has 1 aliphatic rings. The molecular weight excluding hydrogens is 486 g/mol. The van der Waals surface area contributed by atoms with Crippen molar-refractivity contribution < 1.29 is 33.6 Å². The van der Waals surface area contributed by atoms with Gasteiger partial charge in [-0.3, -0.25) is 9.59 Å². The molecule has 1 heterocycles. The second-order valence-electron chi connectivity index (χ2n) is 9.94. The molecule has 0 bridgehead atoms. The first-order valence-corrected chi connectivity index (χ1v) is 12.9. The van der Waals surface area contributed by atoms with Crippen LogP contribution in [0, 0.1) is 6.92 Å². The number of likely N-dealkylation sites (tertiary alicyclic amines) is 1. The highest BCUT2D eigenvalue weighted by atomic mass is 16.5. The van der Waals surface area contributed by atoms with E-state index in [-0.39, 0.29) is 29.9 Å². The molecule has 1 unspecified atom stereocenters. The second-order valence-corrected chi connectivity index (χ2v) is 9.94. The first-order chi connectivity index (χ1) is 18.0. The molecule has 0 saturated carbocycles. The van der Waals surface area contributed by atoms with Crippen molar-refractivity contribution in [1.29, 1.82) is 0 Å². The average molecular weight is 526 g/mol. The lowest BCUT2D eigenvalue weighted by molar-refractivity contribution is -0.140. The summed E-state index contributed by atoms with van der Waals surface area (Å²) in [4.78, 5) is 28.3. The SMILES string of the molecule is COc1ccc(C2/C(=C(\O)c3cc(C(C)C)c(OC)cc3C)C(=O)C(=O)N2CCCOC(C)C)cc1OC. The number of aliphatic hydroxyl groups is 1. The van der Waals surface area contributed by atoms with Gasteiger partial charge in [0.15, 0.2) is 11.5 Å². The molecule has 0 aromatic heterocycles. The molecule has 1 atom stereocenters. The molecule has 8 heteroatoms. The Morgan fingerprint density at radius 1 is 0.947 bits per heavy atom. The lowest BCUT2D eigenvalue weighted by Gasteiger charge is -2.26. The van der Waals surface area contributed by atoms with E-state index in [1.54, 1.807) is 25.3 Å². The van der Waals surface area contributed by atoms with Crippen LogP contribution in [0.2, 0.25) is 0 Å². The van der Waals surface area contributed by atoms with Crippen LogP contribution in [0.1, 0.15) is 68.3 Å². The maximum atomic E-state index is 13.5. The smallest absolute Gasteiger partial charge is 0.295 e. The number of aryl methyl sites for hydroxylation is 1. The van der Waals surface area contributed by atoms with Crippen molar-refractivity contribution in [1.82, 2.24) is 4.90 Å². The van der Waals surface area contributed by atoms with Gasteiger partial charge in [0, 0.05) is 18.7 Å². The lowest BCUT2D eigenvalue weighted by atomic mass is 9.91. The van der Waals surface area contributed by atoms with Gasteiger partial charge in [-0.1, -0.05) is 19.9 Å². The number of ketones is 1. The van der Waals surface area contributed by atoms with E-state index < -0.39 is 17.7 Å². The molecule has 1 N–H and O–H groups in total. The van der Waals surface area contributed by atoms with Crippen LogP contribution >= 0.6 is 0 Å². The highest BCUT2D eigenvalue weighted by Crippen LogP contribution is 2.43. The minimum absolute atomic E-state index is 0.0370. The zero-order chi connectivity index (χ0) is 28.1. The fourth-order valence-corrected chi connectivity index (χ4v) is 4.76. The van der Waals surface area contributed by atoms with Crippen molar-refractivity contribution in [2.24, 2.45) is 0 Å². The summed E-state index contributed by atoms with van der Waals surface area (Å²) in [6.45, 7) is 10.5. The predicted molar refractivity (Wildman–Crippen MR) is 146 cm³/mol. The van der Waals surface area contributed by atoms with Crippen LogP contribution in [0.4, 0.5) is 0 Å². The van der Waals surface area contributed by atoms with Crippen LogP contribution in [0.25, 0.3) is 5.76 Å². The van der Waals surface area contributed by atoms with Gasteiger partial charge >= 0.3 is 0 Å². The van der Waals surface area contributed by atoms with E-state index >= 15 is 0 Å². The Morgan fingerprint density at radius 3 is 2.18 bits per heavy atom. The van der Waals surface area contributed by atoms with Crippen molar-refractivity contribution in [2.75, 3.05) is 34.5 Å². The van der Waals surface area contributed by atoms with Gasteiger partial charge in [-0.2, -0.15) is 0 Å². The molecule has 2 aromatic carbocycles. The Balaban J connectivity index is 2.20. The molecule has 0 aliphatic carbocycles. The molecule has 3 rings (SSSR count). The molecule has 206 valence electrons. The van der Waals surface area contributed by atoms with E-state index in [0.717, 1.165) is 11.1 Å². The minimum atomic E-state index is -0.808. The molecular formula is C30H39NO7. The minimum Gasteiger partial charge on any atom is -0.507 e. The molecule has 0 spiro atoms. The van der Waals surface area contributed by atoms with Gasteiger partial charge < -0.3 is 29.0 Å². The van der Waals surface area contributed by atoms with E-state index in [2.05, 4.69) is 0 Å². The molecule has 1 amide bonds. The number of methoxy groups -OCH3 is 3. The number of rotatable bonds is 11. The molecule has 0 radical (unpaired) electrons. The number of carbonyl (C=O) groups is 2. The molecule has 1 aliphatic heterocycles. The van der Waals surface area contributed by atoms with E-state index in [9.17, 15) is 14.7 Å². The Bertz CT molecular complexity index is 1220. The third-order valence-corrected chi connectivity index (χ3v) is 6.71. The molecule has 2 aromatic rings. The highest BCUT2D eigenvalue weighted by molar-refractivity contribution is 6.46. The van der Waals surface area contributed by atoms with Crippen molar-refractivity contribution >= 4 is 17.4 Å². The summed E-state index contributed by atoms with van der Waals surface area (Å²) in [5.41, 5.74) is 2.77. The average Bonchev–Trinajstić information content (AvgIpc) is 3.14. The van der Waals surface area contributed by atoms with Crippen molar-refractivity contribution in [3.63, 3.8) is 0 Å². The fraction of sp³-hybridized carbons (Fsp3) is 0.467. The standard InChI is InChI=1S/C30H39NO7/c1-17(2)21-16-22(19(5)14-24(21)36-7)28(32)26-27(20-10-11-23(35-6)25(15-20)37-8)31(30(34)29(26)33)12-9-13-38-18(3)4/h10-11,14-18,27,32H,9,12-13H2,1-8H3/b28-26+. The third-order valence-electron chi connectivity index (χ3n) is 6.71. The summed E-state index contributed by atoms with van der Waals surface area (Å²) >= 11 is 0. The van der Waals surface area contributed by atoms with Crippen LogP contribution < -0.4 is 14.2 Å². The summed E-state index contributed by atoms with van der Waals surface area (Å²) in [5, 5.41) is 11.6. The summed E-state index contributed by atoms with van der Waals surface area (Å²) in [7, 11) is 4.67. The number of nitrogens with zero attached hydrogens (tertiary/aromatic N) is 1. The van der Waals surface area contributed by atoms with Crippen molar-refractivity contribution in [3.8, 4) is 17.2 Å². The second kappa shape index (κ2) is 12.3. The summed E-state index contributed by atoms with van der Waals surface area (Å²) in [6.07, 6.45) is 0.592. The topological polar surface area (TPSA) is 94.5 Å². The fourth-order valence-electron chi connectivity index (χ4n) is 4.76. The van der Waals surface area contributed by atoms with Gasteiger partial charge in [-0.25, -0.2) is 0 Å². The van der Waals surface area contributed by atoms with E-state index in [1.807, 2.05) is 46.8 Å². The zero-order valence-electron chi connectivity index (χ0n) is 23.6. The lowest BCUT2D eigenvalue weighted by Crippen LogP contribution is -2.31. The number of carbonyl (C=O) groups excluding carboxylic acids is 2. The maximum Gasteiger partial charge on any atom is 0.295 e. The Labute approximate surface area is 225 Å². The summed E-state index contributed by atoms with van der Waals surface area (Å²) in [5.74, 6) is 0.191. The molecule has 1 fully saturated rings. The Morgan fingerprint density at radius 2 is 1.61 bits per heavy atom. The number of Topliss-reactive ketones (excluding diaryl/α,β-unsaturated/α-hetero) is 1. The number of hydrogen-bond donors (Lipinski definition) is 1. The first kappa shape index (κ1) is 29.0. The van der Waals surface area contributed by atoms with E-state index in [1.165, 1.54) is 19.1 Å². The van der Waals surface area contributed by atoms with Crippen LogP contribution in [-0.2, 0) is 14.3 Å². The normalized spacial score (nSPS) is 17.0. The number of aliphatic hydroxyl groups excluding tert-OH is 1. The number of benzene rings is 2. The summed E-state index contributed by atoms with van der Waals surface area (Å²) in [6, 6.07) is 8.12. The largest absolute Gasteiger partial charge is 0.507 e.